The van der Waals surface area contributed by atoms with Gasteiger partial charge < -0.3 is 29.4 Å². The van der Waals surface area contributed by atoms with Gasteiger partial charge >= 0.3 is 5.97 Å². The third-order valence-corrected chi connectivity index (χ3v) is 7.09. The molecule has 0 fully saturated rings. The SMILES string of the molecule is COc1cc(C2C(C#N)=C(N)Oc3cc(OC(=O)COc4ccc(Cl)c(C)c4)ccc32)ccc1OCc1ccccc1. The Hall–Kier alpha value is -5.13. The van der Waals surface area contributed by atoms with Crippen molar-refractivity contribution in [3.63, 3.8) is 0 Å². The number of fused-ring (bicyclic) bond motifs is 1. The Morgan fingerprint density at radius 3 is 2.50 bits per heavy atom. The fourth-order valence-corrected chi connectivity index (χ4v) is 4.69. The zero-order valence-corrected chi connectivity index (χ0v) is 23.7. The van der Waals surface area contributed by atoms with Crippen molar-refractivity contribution in [2.75, 3.05) is 13.7 Å². The maximum atomic E-state index is 12.5. The first-order chi connectivity index (χ1) is 20.4. The van der Waals surface area contributed by atoms with Crippen LogP contribution in [0, 0.1) is 18.3 Å². The molecule has 9 heteroatoms. The second-order valence-electron chi connectivity index (χ2n) is 9.48. The summed E-state index contributed by atoms with van der Waals surface area (Å²) in [4.78, 5) is 12.5. The van der Waals surface area contributed by atoms with Gasteiger partial charge in [0.15, 0.2) is 18.1 Å². The van der Waals surface area contributed by atoms with Crippen LogP contribution >= 0.6 is 11.6 Å². The number of ether oxygens (including phenoxy) is 5. The van der Waals surface area contributed by atoms with Crippen molar-refractivity contribution in [3.05, 3.63) is 124 Å². The number of esters is 1. The summed E-state index contributed by atoms with van der Waals surface area (Å²) >= 11 is 6.04. The van der Waals surface area contributed by atoms with Crippen molar-refractivity contribution in [3.8, 4) is 34.8 Å². The van der Waals surface area contributed by atoms with Crippen LogP contribution < -0.4 is 29.4 Å². The summed E-state index contributed by atoms with van der Waals surface area (Å²) in [6, 6.07) is 27.5. The number of aryl methyl sites for hydroxylation is 1. The fourth-order valence-electron chi connectivity index (χ4n) is 4.57. The minimum absolute atomic E-state index is 0.0386. The van der Waals surface area contributed by atoms with E-state index in [1.54, 1.807) is 49.6 Å². The number of halogens is 1. The van der Waals surface area contributed by atoms with E-state index in [9.17, 15) is 10.1 Å². The summed E-state index contributed by atoms with van der Waals surface area (Å²) in [6.07, 6.45) is 0. The first-order valence-corrected chi connectivity index (χ1v) is 13.4. The Kier molecular flexibility index (Phi) is 8.51. The molecule has 0 amide bonds. The molecule has 0 radical (unpaired) electrons. The molecule has 1 unspecified atom stereocenters. The van der Waals surface area contributed by atoms with E-state index in [0.717, 1.165) is 16.7 Å². The fraction of sp³-hybridized carbons (Fsp3) is 0.152. The predicted octanol–water partition coefficient (Wildman–Crippen LogP) is 6.44. The average molecular weight is 583 g/mol. The molecule has 0 saturated carbocycles. The normalized spacial score (nSPS) is 13.8. The van der Waals surface area contributed by atoms with Crippen LogP contribution in [0.4, 0.5) is 0 Å². The molecule has 0 bridgehead atoms. The number of carbonyl (C=O) groups excluding carboxylic acids is 1. The molecule has 212 valence electrons. The van der Waals surface area contributed by atoms with Gasteiger partial charge in [0.05, 0.1) is 13.0 Å². The molecule has 0 spiro atoms. The monoisotopic (exact) mass is 582 g/mol. The van der Waals surface area contributed by atoms with Gasteiger partial charge in [0.1, 0.15) is 35.5 Å². The first kappa shape index (κ1) is 28.4. The van der Waals surface area contributed by atoms with E-state index in [1.165, 1.54) is 0 Å². The second kappa shape index (κ2) is 12.6. The van der Waals surface area contributed by atoms with Crippen LogP contribution in [-0.2, 0) is 11.4 Å². The molecule has 1 heterocycles. The summed E-state index contributed by atoms with van der Waals surface area (Å²) in [6.45, 7) is 1.91. The Morgan fingerprint density at radius 1 is 0.976 bits per heavy atom. The van der Waals surface area contributed by atoms with Gasteiger partial charge in [-0.25, -0.2) is 4.79 Å². The van der Waals surface area contributed by atoms with Crippen LogP contribution in [-0.4, -0.2) is 19.7 Å². The second-order valence-corrected chi connectivity index (χ2v) is 9.89. The number of hydrogen-bond acceptors (Lipinski definition) is 8. The van der Waals surface area contributed by atoms with Gasteiger partial charge in [0.2, 0.25) is 5.88 Å². The topological polar surface area (TPSA) is 113 Å². The van der Waals surface area contributed by atoms with E-state index in [4.69, 9.17) is 41.0 Å². The molecule has 0 aliphatic carbocycles. The van der Waals surface area contributed by atoms with Gasteiger partial charge in [-0.05, 0) is 60.0 Å². The lowest BCUT2D eigenvalue weighted by Crippen LogP contribution is -2.22. The molecule has 5 rings (SSSR count). The van der Waals surface area contributed by atoms with Crippen molar-refractivity contribution in [1.82, 2.24) is 0 Å². The molecule has 0 aromatic heterocycles. The zero-order valence-electron chi connectivity index (χ0n) is 22.9. The molecular formula is C33H27ClN2O6. The first-order valence-electron chi connectivity index (χ1n) is 13.0. The Morgan fingerprint density at radius 2 is 1.76 bits per heavy atom. The van der Waals surface area contributed by atoms with E-state index < -0.39 is 11.9 Å². The molecule has 4 aromatic rings. The standard InChI is InChI=1S/C33H27ClN2O6/c1-20-14-23(10-12-27(20)34)39-19-31(37)41-24-9-11-25-29(16-24)42-33(36)26(17-35)32(25)22-8-13-28(30(15-22)38-2)40-18-21-6-4-3-5-7-21/h3-16,32H,18-19,36H2,1-2H3. The van der Waals surface area contributed by atoms with Gasteiger partial charge in [0.25, 0.3) is 0 Å². The minimum atomic E-state index is -0.605. The lowest BCUT2D eigenvalue weighted by molar-refractivity contribution is -0.136. The number of nitriles is 1. The Bertz CT molecular complexity index is 1700. The van der Waals surface area contributed by atoms with Crippen molar-refractivity contribution in [2.24, 2.45) is 5.73 Å². The number of allylic oxidation sites excluding steroid dienone is 1. The number of nitrogens with two attached hydrogens (primary N) is 1. The van der Waals surface area contributed by atoms with Gasteiger partial charge in [-0.3, -0.25) is 0 Å². The molecule has 0 saturated heterocycles. The molecular weight excluding hydrogens is 556 g/mol. The van der Waals surface area contributed by atoms with Crippen LogP contribution in [0.3, 0.4) is 0 Å². The van der Waals surface area contributed by atoms with E-state index in [0.29, 0.717) is 40.2 Å². The lowest BCUT2D eigenvalue weighted by Gasteiger charge is -2.27. The number of methoxy groups -OCH3 is 1. The summed E-state index contributed by atoms with van der Waals surface area (Å²) in [5.74, 6) is 0.981. The number of nitrogens with zero attached hydrogens (tertiary/aromatic N) is 1. The zero-order chi connectivity index (χ0) is 29.6. The minimum Gasteiger partial charge on any atom is -0.493 e. The van der Waals surface area contributed by atoms with Gasteiger partial charge in [-0.1, -0.05) is 54.1 Å². The quantitative estimate of drug-likeness (QED) is 0.177. The van der Waals surface area contributed by atoms with Crippen LogP contribution in [0.5, 0.6) is 28.7 Å². The largest absolute Gasteiger partial charge is 0.493 e. The smallest absolute Gasteiger partial charge is 0.349 e. The number of rotatable bonds is 9. The molecule has 1 atom stereocenters. The highest BCUT2D eigenvalue weighted by Gasteiger charge is 2.32. The third-order valence-electron chi connectivity index (χ3n) is 6.67. The van der Waals surface area contributed by atoms with E-state index in [1.807, 2.05) is 49.4 Å². The summed E-state index contributed by atoms with van der Waals surface area (Å²) < 4.78 is 28.4. The molecule has 1 aliphatic heterocycles. The molecule has 42 heavy (non-hydrogen) atoms. The molecule has 8 nitrogen and oxygen atoms in total. The van der Waals surface area contributed by atoms with E-state index in [2.05, 4.69) is 6.07 Å². The van der Waals surface area contributed by atoms with Gasteiger partial charge in [-0.15, -0.1) is 0 Å². The molecule has 2 N–H and O–H groups in total. The summed E-state index contributed by atoms with van der Waals surface area (Å²) in [5, 5.41) is 10.6. The van der Waals surface area contributed by atoms with E-state index >= 15 is 0 Å². The Balaban J connectivity index is 1.35. The number of benzene rings is 4. The highest BCUT2D eigenvalue weighted by molar-refractivity contribution is 6.31. The van der Waals surface area contributed by atoms with Crippen molar-refractivity contribution in [2.45, 2.75) is 19.4 Å². The molecule has 4 aromatic carbocycles. The van der Waals surface area contributed by atoms with Crippen LogP contribution in [0.15, 0.2) is 96.4 Å². The number of hydrogen-bond donors (Lipinski definition) is 1. The highest BCUT2D eigenvalue weighted by atomic mass is 35.5. The highest BCUT2D eigenvalue weighted by Crippen LogP contribution is 2.45. The van der Waals surface area contributed by atoms with Crippen molar-refractivity contribution in [1.29, 1.82) is 5.26 Å². The average Bonchev–Trinajstić information content (AvgIpc) is 3.00. The maximum absolute atomic E-state index is 12.5. The van der Waals surface area contributed by atoms with Gasteiger partial charge in [-0.2, -0.15) is 5.26 Å². The maximum Gasteiger partial charge on any atom is 0.349 e. The number of carbonyl (C=O) groups is 1. The third kappa shape index (κ3) is 6.27. The van der Waals surface area contributed by atoms with Crippen molar-refractivity contribution < 1.29 is 28.5 Å². The predicted molar refractivity (Wildman–Crippen MR) is 157 cm³/mol. The van der Waals surface area contributed by atoms with Crippen LogP contribution in [0.1, 0.15) is 28.2 Å². The van der Waals surface area contributed by atoms with Crippen LogP contribution in [0.2, 0.25) is 5.02 Å². The van der Waals surface area contributed by atoms with E-state index in [-0.39, 0.29) is 23.8 Å². The lowest BCUT2D eigenvalue weighted by atomic mass is 9.83. The Labute approximate surface area is 248 Å². The molecule has 1 aliphatic rings. The summed E-state index contributed by atoms with van der Waals surface area (Å²) in [7, 11) is 1.56. The summed E-state index contributed by atoms with van der Waals surface area (Å²) in [5.41, 5.74) is 9.70. The van der Waals surface area contributed by atoms with Crippen molar-refractivity contribution >= 4 is 17.6 Å². The van der Waals surface area contributed by atoms with Crippen LogP contribution in [0.25, 0.3) is 0 Å². The van der Waals surface area contributed by atoms with Gasteiger partial charge in [0, 0.05) is 16.7 Å².